The minimum Gasteiger partial charge on any atom is -0.477 e. The number of ether oxygens (including phenoxy) is 2. The largest absolute Gasteiger partial charge is 0.477 e. The molecule has 2 amide bonds. The number of carboxylic acids is 1. The number of amides is 2. The summed E-state index contributed by atoms with van der Waals surface area (Å²) in [6, 6.07) is 0. The predicted octanol–water partition coefficient (Wildman–Crippen LogP) is 0.738. The molecule has 1 fully saturated rings. The van der Waals surface area contributed by atoms with Gasteiger partial charge in [-0.2, -0.15) is 0 Å². The third-order valence-electron chi connectivity index (χ3n) is 4.22. The fourth-order valence-electron chi connectivity index (χ4n) is 3.17. The lowest BCUT2D eigenvalue weighted by Crippen LogP contribution is -2.81. The van der Waals surface area contributed by atoms with Gasteiger partial charge in [0.15, 0.2) is 0 Å². The number of thiocarbonyl (C=S) groups is 1. The van der Waals surface area contributed by atoms with Crippen LogP contribution in [-0.4, -0.2) is 75.0 Å². The van der Waals surface area contributed by atoms with Gasteiger partial charge < -0.3 is 25.2 Å². The Morgan fingerprint density at radius 1 is 1.54 bits per heavy atom. The number of fused-ring (bicyclic) bond motifs is 1. The zero-order valence-electron chi connectivity index (χ0n) is 14.7. The van der Waals surface area contributed by atoms with E-state index in [2.05, 4.69) is 0 Å². The molecule has 0 bridgehead atoms. The second kappa shape index (κ2) is 7.80. The average molecular weight is 403 g/mol. The number of carboxylic acid groups (broad SMARTS) is 1. The van der Waals surface area contributed by atoms with Crippen LogP contribution in [0.3, 0.4) is 0 Å². The highest BCUT2D eigenvalue weighted by atomic mass is 32.2. The first-order chi connectivity index (χ1) is 12.2. The quantitative estimate of drug-likeness (QED) is 0.360. The Labute approximate surface area is 160 Å². The predicted molar refractivity (Wildman–Crippen MR) is 98.3 cm³/mol. The molecule has 0 unspecified atom stereocenters. The van der Waals surface area contributed by atoms with Crippen molar-refractivity contribution in [1.29, 1.82) is 0 Å². The van der Waals surface area contributed by atoms with Gasteiger partial charge in [0.1, 0.15) is 17.7 Å². The van der Waals surface area contributed by atoms with E-state index in [9.17, 15) is 19.5 Å². The highest BCUT2D eigenvalue weighted by molar-refractivity contribution is 8.00. The van der Waals surface area contributed by atoms with Crippen molar-refractivity contribution in [2.24, 2.45) is 5.73 Å². The number of hydrogen-bond donors (Lipinski definition) is 2. The maximum Gasteiger partial charge on any atom is 0.404 e. The highest BCUT2D eigenvalue weighted by Gasteiger charge is 2.68. The number of nitrogens with two attached hydrogens (primary N) is 1. The number of β-lactam (4-membered cyclic amide) rings is 1. The van der Waals surface area contributed by atoms with Gasteiger partial charge in [-0.15, -0.1) is 11.8 Å². The number of aliphatic carboxylic acids is 1. The molecule has 144 valence electrons. The molecule has 9 nitrogen and oxygen atoms in total. The van der Waals surface area contributed by atoms with Crippen molar-refractivity contribution in [2.45, 2.75) is 31.4 Å². The van der Waals surface area contributed by atoms with Crippen LogP contribution in [-0.2, 0) is 19.1 Å². The van der Waals surface area contributed by atoms with Crippen LogP contribution in [0.15, 0.2) is 11.3 Å². The van der Waals surface area contributed by atoms with Crippen molar-refractivity contribution in [3.05, 3.63) is 11.3 Å². The molecule has 2 aliphatic rings. The molecule has 26 heavy (non-hydrogen) atoms. The van der Waals surface area contributed by atoms with Crippen LogP contribution in [0.5, 0.6) is 0 Å². The fourth-order valence-corrected chi connectivity index (χ4v) is 4.88. The molecule has 0 aromatic heterocycles. The number of hydrogen-bond acceptors (Lipinski definition) is 7. The summed E-state index contributed by atoms with van der Waals surface area (Å²) in [5, 5.41) is 9.02. The summed E-state index contributed by atoms with van der Waals surface area (Å²) in [5.74, 6) is -1.54. The summed E-state index contributed by atoms with van der Waals surface area (Å²) in [6.07, 6.45) is -0.274. The standard InChI is InChI=1S/C15H21N3O6S2/c1-4-5-17(8(2)25)15(23-3)12(21)18-10(11(19)20)9(6-24-14(16)22)7-26-13(15)18/h13H,4-7H2,1-3H3,(H2,16,22)(H,19,20)/t13-,15-/m0/s1. The van der Waals surface area contributed by atoms with Gasteiger partial charge in [0.25, 0.3) is 11.6 Å². The first kappa shape index (κ1) is 20.5. The first-order valence-corrected chi connectivity index (χ1v) is 9.34. The lowest BCUT2D eigenvalue weighted by molar-refractivity contribution is -0.210. The summed E-state index contributed by atoms with van der Waals surface area (Å²) < 4.78 is 10.3. The van der Waals surface area contributed by atoms with E-state index in [0.717, 1.165) is 6.42 Å². The summed E-state index contributed by atoms with van der Waals surface area (Å²) in [4.78, 5) is 39.0. The first-order valence-electron chi connectivity index (χ1n) is 7.88. The molecular formula is C15H21N3O6S2. The van der Waals surface area contributed by atoms with E-state index in [0.29, 0.717) is 17.1 Å². The number of methoxy groups -OCH3 is 1. The summed E-state index contributed by atoms with van der Waals surface area (Å²) in [7, 11) is 1.41. The van der Waals surface area contributed by atoms with Crippen LogP contribution < -0.4 is 5.73 Å². The molecule has 2 heterocycles. The Kier molecular flexibility index (Phi) is 6.14. The topological polar surface area (TPSA) is 122 Å². The zero-order valence-corrected chi connectivity index (χ0v) is 16.3. The number of primary amides is 1. The van der Waals surface area contributed by atoms with Gasteiger partial charge in [0.2, 0.25) is 0 Å². The molecule has 2 aliphatic heterocycles. The molecule has 0 saturated carbocycles. The van der Waals surface area contributed by atoms with Gasteiger partial charge in [-0.3, -0.25) is 9.69 Å². The van der Waals surface area contributed by atoms with Crippen LogP contribution in [0.25, 0.3) is 0 Å². The van der Waals surface area contributed by atoms with E-state index in [4.69, 9.17) is 27.4 Å². The van der Waals surface area contributed by atoms with Crippen molar-refractivity contribution in [3.8, 4) is 0 Å². The van der Waals surface area contributed by atoms with E-state index >= 15 is 0 Å². The Hall–Kier alpha value is -1.85. The second-order valence-corrected chi connectivity index (χ2v) is 7.43. The van der Waals surface area contributed by atoms with E-state index in [-0.39, 0.29) is 18.1 Å². The summed E-state index contributed by atoms with van der Waals surface area (Å²) >= 11 is 6.61. The van der Waals surface area contributed by atoms with Gasteiger partial charge in [-0.05, 0) is 13.3 Å². The van der Waals surface area contributed by atoms with Gasteiger partial charge >= 0.3 is 12.1 Å². The van der Waals surface area contributed by atoms with Crippen molar-refractivity contribution in [1.82, 2.24) is 9.80 Å². The maximum absolute atomic E-state index is 13.0. The molecular weight excluding hydrogens is 382 g/mol. The Morgan fingerprint density at radius 2 is 2.19 bits per heavy atom. The van der Waals surface area contributed by atoms with E-state index in [1.165, 1.54) is 23.8 Å². The molecule has 0 aromatic carbocycles. The molecule has 2 atom stereocenters. The van der Waals surface area contributed by atoms with E-state index in [1.54, 1.807) is 11.8 Å². The van der Waals surface area contributed by atoms with Crippen LogP contribution in [0, 0.1) is 0 Å². The average Bonchev–Trinajstić information content (AvgIpc) is 2.58. The van der Waals surface area contributed by atoms with Gasteiger partial charge in [0.05, 0.1) is 4.99 Å². The third-order valence-corrected chi connectivity index (χ3v) is 5.80. The highest BCUT2D eigenvalue weighted by Crippen LogP contribution is 2.49. The van der Waals surface area contributed by atoms with Crippen molar-refractivity contribution in [3.63, 3.8) is 0 Å². The molecule has 2 rings (SSSR count). The molecule has 0 spiro atoms. The molecule has 1 saturated heterocycles. The Bertz CT molecular complexity index is 682. The Morgan fingerprint density at radius 3 is 2.65 bits per heavy atom. The van der Waals surface area contributed by atoms with Crippen molar-refractivity contribution in [2.75, 3.05) is 26.0 Å². The maximum atomic E-state index is 13.0. The van der Waals surface area contributed by atoms with Gasteiger partial charge in [0, 0.05) is 25.0 Å². The second-order valence-electron chi connectivity index (χ2n) is 5.77. The number of thioether (sulfide) groups is 1. The molecule has 11 heteroatoms. The number of rotatable bonds is 7. The smallest absolute Gasteiger partial charge is 0.404 e. The van der Waals surface area contributed by atoms with Crippen molar-refractivity contribution >= 4 is 46.9 Å². The minimum absolute atomic E-state index is 0.203. The number of carbonyl (C=O) groups is 3. The van der Waals surface area contributed by atoms with E-state index < -0.39 is 29.1 Å². The Balaban J connectivity index is 2.42. The fraction of sp³-hybridized carbons (Fsp3) is 0.600. The number of nitrogens with zero attached hydrogens (tertiary/aromatic N) is 2. The monoisotopic (exact) mass is 403 g/mol. The lowest BCUT2D eigenvalue weighted by Gasteiger charge is -2.60. The zero-order chi connectivity index (χ0) is 19.6. The van der Waals surface area contributed by atoms with Crippen LogP contribution in [0.1, 0.15) is 20.3 Å². The van der Waals surface area contributed by atoms with E-state index in [1.807, 2.05) is 6.92 Å². The molecule has 3 N–H and O–H groups in total. The molecule has 0 radical (unpaired) electrons. The normalized spacial score (nSPS) is 24.7. The summed E-state index contributed by atoms with van der Waals surface area (Å²) in [5.41, 5.74) is 3.70. The lowest BCUT2D eigenvalue weighted by atomic mass is 9.96. The molecule has 0 aliphatic carbocycles. The van der Waals surface area contributed by atoms with Crippen molar-refractivity contribution < 1.29 is 29.0 Å². The van der Waals surface area contributed by atoms with Crippen LogP contribution >= 0.6 is 24.0 Å². The number of carbonyl (C=O) groups excluding carboxylic acids is 2. The SMILES string of the molecule is CCCN(C(C)=S)[C@]1(OC)C(=O)N2C(C(=O)O)=C(COC(N)=O)CS[C@H]21. The summed E-state index contributed by atoms with van der Waals surface area (Å²) in [6.45, 7) is 3.87. The van der Waals surface area contributed by atoms with Crippen LogP contribution in [0.2, 0.25) is 0 Å². The van der Waals surface area contributed by atoms with Gasteiger partial charge in [-0.1, -0.05) is 19.1 Å². The minimum atomic E-state index is -1.34. The third kappa shape index (κ3) is 3.14. The van der Waals surface area contributed by atoms with Crippen LogP contribution in [0.4, 0.5) is 4.79 Å². The molecule has 0 aromatic rings. The van der Waals surface area contributed by atoms with Gasteiger partial charge in [-0.25, -0.2) is 9.59 Å².